The molecule has 106 valence electrons. The van der Waals surface area contributed by atoms with E-state index in [0.29, 0.717) is 25.2 Å². The first-order valence-corrected chi connectivity index (χ1v) is 6.89. The number of nitrogens with zero attached hydrogens (tertiary/aromatic N) is 1. The zero-order valence-electron chi connectivity index (χ0n) is 10.5. The van der Waals surface area contributed by atoms with E-state index in [1.165, 1.54) is 0 Å². The Morgan fingerprint density at radius 1 is 1.16 bits per heavy atom. The SMILES string of the molecule is O=C(O)[C@H]1[C@@H]2CC[C@@H]([C@H](CC3CC3)[C@@H]2F)N1C(=O)O. The summed E-state index contributed by atoms with van der Waals surface area (Å²) in [6.07, 6.45) is 1.57. The van der Waals surface area contributed by atoms with Crippen LogP contribution in [0.1, 0.15) is 32.1 Å². The van der Waals surface area contributed by atoms with Crippen molar-refractivity contribution in [2.45, 2.75) is 50.4 Å². The number of alkyl halides is 1. The van der Waals surface area contributed by atoms with Gasteiger partial charge in [-0.3, -0.25) is 4.90 Å². The van der Waals surface area contributed by atoms with Crippen molar-refractivity contribution in [2.75, 3.05) is 0 Å². The van der Waals surface area contributed by atoms with Crippen LogP contribution in [-0.2, 0) is 4.79 Å². The average Bonchev–Trinajstić information content (AvgIpc) is 3.16. The lowest BCUT2D eigenvalue weighted by Crippen LogP contribution is -2.67. The summed E-state index contributed by atoms with van der Waals surface area (Å²) in [6, 6.07) is -1.67. The van der Waals surface area contributed by atoms with Gasteiger partial charge in [0, 0.05) is 17.9 Å². The predicted octanol–water partition coefficient (Wildman–Crippen LogP) is 1.97. The highest BCUT2D eigenvalue weighted by Crippen LogP contribution is 2.49. The Bertz CT molecular complexity index is 411. The fourth-order valence-electron chi connectivity index (χ4n) is 3.94. The average molecular weight is 271 g/mol. The number of carboxylic acids is 1. The van der Waals surface area contributed by atoms with Gasteiger partial charge in [-0.05, 0) is 25.2 Å². The highest BCUT2D eigenvalue weighted by atomic mass is 19.1. The minimum absolute atomic E-state index is 0.307. The van der Waals surface area contributed by atoms with Crippen molar-refractivity contribution in [3.8, 4) is 0 Å². The molecule has 2 saturated carbocycles. The van der Waals surface area contributed by atoms with Crippen LogP contribution in [0.15, 0.2) is 0 Å². The number of carbonyl (C=O) groups is 2. The topological polar surface area (TPSA) is 77.8 Å². The smallest absolute Gasteiger partial charge is 0.408 e. The lowest BCUT2D eigenvalue weighted by molar-refractivity contribution is -0.160. The van der Waals surface area contributed by atoms with E-state index in [4.69, 9.17) is 0 Å². The Kier molecular flexibility index (Phi) is 2.91. The molecule has 2 N–H and O–H groups in total. The third-order valence-corrected chi connectivity index (χ3v) is 4.95. The molecule has 4 rings (SSSR count). The number of aliphatic carboxylic acids is 1. The summed E-state index contributed by atoms with van der Waals surface area (Å²) in [4.78, 5) is 23.6. The summed E-state index contributed by atoms with van der Waals surface area (Å²) in [5.41, 5.74) is 0. The van der Waals surface area contributed by atoms with E-state index >= 15 is 0 Å². The van der Waals surface area contributed by atoms with Crippen molar-refractivity contribution in [3.05, 3.63) is 0 Å². The summed E-state index contributed by atoms with van der Waals surface area (Å²) in [7, 11) is 0. The van der Waals surface area contributed by atoms with Crippen molar-refractivity contribution < 1.29 is 24.2 Å². The maximum absolute atomic E-state index is 14.5. The van der Waals surface area contributed by atoms with Crippen LogP contribution in [-0.4, -0.2) is 45.4 Å². The van der Waals surface area contributed by atoms with Gasteiger partial charge in [-0.1, -0.05) is 12.8 Å². The largest absolute Gasteiger partial charge is 0.480 e. The molecule has 1 amide bonds. The maximum atomic E-state index is 14.5. The Balaban J connectivity index is 1.89. The van der Waals surface area contributed by atoms with Gasteiger partial charge in [0.25, 0.3) is 0 Å². The van der Waals surface area contributed by atoms with Crippen molar-refractivity contribution in [1.29, 1.82) is 0 Å². The van der Waals surface area contributed by atoms with Crippen LogP contribution in [0.3, 0.4) is 0 Å². The molecule has 2 aliphatic heterocycles. The molecule has 6 heteroatoms. The molecule has 19 heavy (non-hydrogen) atoms. The first kappa shape index (κ1) is 12.7. The molecular weight excluding hydrogens is 253 g/mol. The number of piperidine rings is 2. The fourth-order valence-corrected chi connectivity index (χ4v) is 3.94. The van der Waals surface area contributed by atoms with E-state index < -0.39 is 36.2 Å². The summed E-state index contributed by atoms with van der Waals surface area (Å²) in [6.45, 7) is 0. The predicted molar refractivity (Wildman–Crippen MR) is 63.5 cm³/mol. The summed E-state index contributed by atoms with van der Waals surface area (Å²) in [5.74, 6) is -1.69. The second-order valence-electron chi connectivity index (χ2n) is 6.07. The summed E-state index contributed by atoms with van der Waals surface area (Å²) in [5, 5.41) is 18.5. The number of carboxylic acid groups (broad SMARTS) is 2. The standard InChI is InChI=1S/C13H18FNO4/c14-10-7-3-4-9(8(10)5-6-1-2-6)15(13(18)19)11(7)12(16)17/h6-11H,1-5H2,(H,16,17)(H,18,19)/t7-,8+,9+,10-,11-/m1/s1. The van der Waals surface area contributed by atoms with Crippen LogP contribution >= 0.6 is 0 Å². The Morgan fingerprint density at radius 2 is 1.84 bits per heavy atom. The molecule has 0 aromatic rings. The van der Waals surface area contributed by atoms with E-state index in [2.05, 4.69) is 0 Å². The van der Waals surface area contributed by atoms with Crippen molar-refractivity contribution >= 4 is 12.1 Å². The zero-order valence-corrected chi connectivity index (χ0v) is 10.5. The van der Waals surface area contributed by atoms with E-state index in [-0.39, 0.29) is 5.92 Å². The number of hydrogen-bond donors (Lipinski definition) is 2. The first-order valence-electron chi connectivity index (χ1n) is 6.89. The van der Waals surface area contributed by atoms with Crippen LogP contribution < -0.4 is 0 Å². The number of rotatable bonds is 3. The maximum Gasteiger partial charge on any atom is 0.408 e. The van der Waals surface area contributed by atoms with Gasteiger partial charge in [-0.2, -0.15) is 0 Å². The fraction of sp³-hybridized carbons (Fsp3) is 0.846. The molecule has 2 heterocycles. The van der Waals surface area contributed by atoms with E-state index in [1.807, 2.05) is 0 Å². The second-order valence-corrected chi connectivity index (χ2v) is 6.07. The Hall–Kier alpha value is -1.33. The molecule has 4 aliphatic rings. The quantitative estimate of drug-likeness (QED) is 0.822. The number of amides is 1. The lowest BCUT2D eigenvalue weighted by atomic mass is 9.66. The lowest BCUT2D eigenvalue weighted by Gasteiger charge is -2.54. The number of hydrogen-bond acceptors (Lipinski definition) is 2. The first-order chi connectivity index (χ1) is 9.00. The van der Waals surface area contributed by atoms with Crippen molar-refractivity contribution in [2.24, 2.45) is 17.8 Å². The van der Waals surface area contributed by atoms with Gasteiger partial charge < -0.3 is 10.2 Å². The van der Waals surface area contributed by atoms with Crippen molar-refractivity contribution in [1.82, 2.24) is 4.90 Å². The highest BCUT2D eigenvalue weighted by Gasteiger charge is 2.58. The third kappa shape index (κ3) is 1.97. The Labute approximate surface area is 110 Å². The molecule has 2 bridgehead atoms. The van der Waals surface area contributed by atoms with Gasteiger partial charge in [0.2, 0.25) is 0 Å². The van der Waals surface area contributed by atoms with Gasteiger partial charge >= 0.3 is 12.1 Å². The minimum atomic E-state index is -1.23. The van der Waals surface area contributed by atoms with Crippen LogP contribution in [0.4, 0.5) is 9.18 Å². The van der Waals surface area contributed by atoms with Gasteiger partial charge in [-0.15, -0.1) is 0 Å². The molecule has 0 aromatic carbocycles. The summed E-state index contributed by atoms with van der Waals surface area (Å²) >= 11 is 0. The van der Waals surface area contributed by atoms with E-state index in [0.717, 1.165) is 17.7 Å². The highest BCUT2D eigenvalue weighted by molar-refractivity contribution is 5.80. The monoisotopic (exact) mass is 271 g/mol. The zero-order chi connectivity index (χ0) is 13.7. The van der Waals surface area contributed by atoms with Gasteiger partial charge in [0.05, 0.1) is 0 Å². The molecule has 0 spiro atoms. The van der Waals surface area contributed by atoms with Crippen LogP contribution in [0.2, 0.25) is 0 Å². The molecule has 0 aromatic heterocycles. The van der Waals surface area contributed by atoms with Crippen molar-refractivity contribution in [3.63, 3.8) is 0 Å². The normalized spacial score (nSPS) is 41.3. The van der Waals surface area contributed by atoms with E-state index in [9.17, 15) is 24.2 Å². The molecule has 5 nitrogen and oxygen atoms in total. The van der Waals surface area contributed by atoms with E-state index in [1.54, 1.807) is 0 Å². The van der Waals surface area contributed by atoms with Crippen LogP contribution in [0.25, 0.3) is 0 Å². The third-order valence-electron chi connectivity index (χ3n) is 4.95. The van der Waals surface area contributed by atoms with Crippen LogP contribution in [0, 0.1) is 17.8 Å². The second kappa shape index (κ2) is 4.35. The van der Waals surface area contributed by atoms with Gasteiger partial charge in [-0.25, -0.2) is 14.0 Å². The number of halogens is 1. The van der Waals surface area contributed by atoms with Crippen LogP contribution in [0.5, 0.6) is 0 Å². The number of fused-ring (bicyclic) bond motifs is 3. The molecule has 5 atom stereocenters. The minimum Gasteiger partial charge on any atom is -0.480 e. The van der Waals surface area contributed by atoms with Gasteiger partial charge in [0.15, 0.2) is 0 Å². The van der Waals surface area contributed by atoms with Gasteiger partial charge in [0.1, 0.15) is 12.2 Å². The summed E-state index contributed by atoms with van der Waals surface area (Å²) < 4.78 is 14.5. The molecular formula is C13H18FNO4. The Morgan fingerprint density at radius 3 is 2.37 bits per heavy atom. The molecule has 0 unspecified atom stereocenters. The molecule has 2 saturated heterocycles. The molecule has 2 aliphatic carbocycles. The molecule has 4 fully saturated rings. The molecule has 0 radical (unpaired) electrons.